The van der Waals surface area contributed by atoms with Gasteiger partial charge in [-0.05, 0) is 37.0 Å². The van der Waals surface area contributed by atoms with Crippen molar-refractivity contribution in [3.8, 4) is 22.9 Å². The van der Waals surface area contributed by atoms with Gasteiger partial charge in [0.2, 0.25) is 0 Å². The first-order valence-electron chi connectivity index (χ1n) is 11.8. The Hall–Kier alpha value is -2.09. The molecule has 0 spiro atoms. The molecular weight excluding hydrogens is 542 g/mol. The van der Waals surface area contributed by atoms with Crippen LogP contribution in [0.1, 0.15) is 31.7 Å². The number of hydrogen-bond donors (Lipinski definition) is 1. The van der Waals surface area contributed by atoms with Crippen LogP contribution in [0.3, 0.4) is 0 Å². The summed E-state index contributed by atoms with van der Waals surface area (Å²) in [5.41, 5.74) is 3.69. The number of thiazole rings is 1. The molecule has 206 valence electrons. The SMILES string of the molecule is CCCN(c1c(OC)nn2c(-c3c(Cl)cc(COC)cc3OC)csc12)C1CCOCC1.CS(=O)(=O)O. The lowest BCUT2D eigenvalue weighted by atomic mass is 10.1. The van der Waals surface area contributed by atoms with Gasteiger partial charge in [-0.25, -0.2) is 4.52 Å². The van der Waals surface area contributed by atoms with Crippen molar-refractivity contribution < 1.29 is 31.9 Å². The second kappa shape index (κ2) is 13.1. The van der Waals surface area contributed by atoms with Crippen molar-refractivity contribution in [2.24, 2.45) is 0 Å². The minimum atomic E-state index is -3.67. The van der Waals surface area contributed by atoms with Crippen molar-refractivity contribution in [1.29, 1.82) is 0 Å². The number of methoxy groups -OCH3 is 3. The summed E-state index contributed by atoms with van der Waals surface area (Å²) in [5, 5.41) is 7.52. The number of nitrogens with zero attached hydrogens (tertiary/aromatic N) is 3. The lowest BCUT2D eigenvalue weighted by Gasteiger charge is -2.35. The summed E-state index contributed by atoms with van der Waals surface area (Å²) in [5.74, 6) is 1.32. The normalized spacial score (nSPS) is 14.4. The van der Waals surface area contributed by atoms with Crippen LogP contribution in [0.15, 0.2) is 17.5 Å². The summed E-state index contributed by atoms with van der Waals surface area (Å²) in [6, 6.07) is 4.28. The standard InChI is InChI=1S/C23H30ClN3O4S.CH4O3S/c1-5-8-26(16-6-9-31-10-7-16)21-22(30-4)25-27-18(14-32-23(21)27)20-17(24)11-15(13-28-2)12-19(20)29-3;1-5(2,3)4/h11-12,14,16H,5-10,13H2,1-4H3;1H3,(H,2,3,4). The fourth-order valence-electron chi connectivity index (χ4n) is 4.36. The van der Waals surface area contributed by atoms with Crippen LogP contribution >= 0.6 is 22.9 Å². The molecule has 0 unspecified atom stereocenters. The predicted molar refractivity (Wildman–Crippen MR) is 146 cm³/mol. The highest BCUT2D eigenvalue weighted by molar-refractivity contribution is 7.85. The first kappa shape index (κ1) is 29.5. The monoisotopic (exact) mass is 575 g/mol. The third-order valence-electron chi connectivity index (χ3n) is 5.78. The minimum Gasteiger partial charge on any atom is -0.496 e. The molecule has 4 rings (SSSR count). The summed E-state index contributed by atoms with van der Waals surface area (Å²) in [6.45, 7) is 5.17. The number of fused-ring (bicyclic) bond motifs is 1. The fraction of sp³-hybridized carbons (Fsp3) is 0.542. The zero-order valence-electron chi connectivity index (χ0n) is 21.7. The Morgan fingerprint density at radius 1 is 1.24 bits per heavy atom. The molecular formula is C24H34ClN3O7S2. The van der Waals surface area contributed by atoms with E-state index in [4.69, 9.17) is 40.2 Å². The van der Waals surface area contributed by atoms with Gasteiger partial charge in [-0.1, -0.05) is 18.5 Å². The second-order valence-electron chi connectivity index (χ2n) is 8.55. The van der Waals surface area contributed by atoms with Gasteiger partial charge in [0.15, 0.2) is 0 Å². The Morgan fingerprint density at radius 3 is 2.49 bits per heavy atom. The molecule has 0 saturated carbocycles. The maximum atomic E-state index is 9.19. The summed E-state index contributed by atoms with van der Waals surface area (Å²) < 4.78 is 50.1. The topological polar surface area (TPSA) is 112 Å². The van der Waals surface area contributed by atoms with Gasteiger partial charge in [-0.15, -0.1) is 16.4 Å². The molecule has 0 bridgehead atoms. The lowest BCUT2D eigenvalue weighted by molar-refractivity contribution is 0.0843. The lowest BCUT2D eigenvalue weighted by Crippen LogP contribution is -2.40. The van der Waals surface area contributed by atoms with Crippen LogP contribution in [0.4, 0.5) is 5.69 Å². The zero-order valence-corrected chi connectivity index (χ0v) is 24.1. The Kier molecular flexibility index (Phi) is 10.4. The van der Waals surface area contributed by atoms with Crippen LogP contribution in [-0.2, 0) is 26.2 Å². The molecule has 37 heavy (non-hydrogen) atoms. The van der Waals surface area contributed by atoms with E-state index in [0.717, 1.165) is 66.4 Å². The van der Waals surface area contributed by atoms with E-state index in [1.54, 1.807) is 32.7 Å². The van der Waals surface area contributed by atoms with E-state index in [0.29, 0.717) is 35.6 Å². The molecule has 0 atom stereocenters. The fourth-order valence-corrected chi connectivity index (χ4v) is 5.69. The molecule has 10 nitrogen and oxygen atoms in total. The smallest absolute Gasteiger partial charge is 0.261 e. The molecule has 0 aliphatic carbocycles. The molecule has 1 aromatic carbocycles. The van der Waals surface area contributed by atoms with Gasteiger partial charge in [-0.2, -0.15) is 8.42 Å². The maximum absolute atomic E-state index is 9.19. The van der Waals surface area contributed by atoms with Gasteiger partial charge >= 0.3 is 0 Å². The average Bonchev–Trinajstić information content (AvgIpc) is 3.41. The van der Waals surface area contributed by atoms with Gasteiger partial charge in [0.25, 0.3) is 16.0 Å². The van der Waals surface area contributed by atoms with Crippen LogP contribution in [-0.4, -0.2) is 76.0 Å². The Balaban J connectivity index is 0.000000695. The Labute approximate surface area is 226 Å². The summed E-state index contributed by atoms with van der Waals surface area (Å²) in [7, 11) is 1.32. The average molecular weight is 576 g/mol. The van der Waals surface area contributed by atoms with Crippen molar-refractivity contribution in [1.82, 2.24) is 9.61 Å². The van der Waals surface area contributed by atoms with E-state index in [2.05, 4.69) is 17.2 Å². The van der Waals surface area contributed by atoms with Crippen molar-refractivity contribution in [3.63, 3.8) is 0 Å². The highest BCUT2D eigenvalue weighted by atomic mass is 35.5. The van der Waals surface area contributed by atoms with Crippen LogP contribution in [0.2, 0.25) is 5.02 Å². The van der Waals surface area contributed by atoms with Gasteiger partial charge in [0.05, 0.1) is 43.4 Å². The summed E-state index contributed by atoms with van der Waals surface area (Å²) in [6.07, 6.45) is 3.75. The molecule has 0 radical (unpaired) electrons. The van der Waals surface area contributed by atoms with Crippen LogP contribution in [0.5, 0.6) is 11.6 Å². The number of aromatic nitrogens is 2. The summed E-state index contributed by atoms with van der Waals surface area (Å²) >= 11 is 8.37. The van der Waals surface area contributed by atoms with Crippen LogP contribution in [0.25, 0.3) is 16.1 Å². The van der Waals surface area contributed by atoms with Crippen molar-refractivity contribution in [2.45, 2.75) is 38.8 Å². The van der Waals surface area contributed by atoms with Crippen LogP contribution < -0.4 is 14.4 Å². The first-order chi connectivity index (χ1) is 17.6. The molecule has 1 fully saturated rings. The number of hydrogen-bond acceptors (Lipinski definition) is 9. The quantitative estimate of drug-likeness (QED) is 0.360. The van der Waals surface area contributed by atoms with Gasteiger partial charge in [-0.3, -0.25) is 4.55 Å². The highest BCUT2D eigenvalue weighted by Crippen LogP contribution is 2.44. The van der Waals surface area contributed by atoms with Crippen molar-refractivity contribution >= 4 is 43.6 Å². The van der Waals surface area contributed by atoms with Crippen molar-refractivity contribution in [2.75, 3.05) is 52.2 Å². The largest absolute Gasteiger partial charge is 0.496 e. The zero-order chi connectivity index (χ0) is 27.2. The molecule has 13 heteroatoms. The molecule has 1 aliphatic heterocycles. The second-order valence-corrected chi connectivity index (χ2v) is 11.3. The minimum absolute atomic E-state index is 0.405. The summed E-state index contributed by atoms with van der Waals surface area (Å²) in [4.78, 5) is 3.49. The molecule has 3 heterocycles. The van der Waals surface area contributed by atoms with E-state index < -0.39 is 10.1 Å². The van der Waals surface area contributed by atoms with Gasteiger partial charge < -0.3 is 23.8 Å². The Morgan fingerprint density at radius 2 is 1.92 bits per heavy atom. The Bertz CT molecular complexity index is 1280. The number of anilines is 1. The van der Waals surface area contributed by atoms with E-state index in [-0.39, 0.29) is 0 Å². The van der Waals surface area contributed by atoms with Gasteiger partial charge in [0.1, 0.15) is 16.3 Å². The number of ether oxygens (including phenoxy) is 4. The number of halogens is 1. The number of benzene rings is 1. The molecule has 1 saturated heterocycles. The maximum Gasteiger partial charge on any atom is 0.261 e. The highest BCUT2D eigenvalue weighted by Gasteiger charge is 2.30. The van der Waals surface area contributed by atoms with Crippen molar-refractivity contribution in [3.05, 3.63) is 28.1 Å². The predicted octanol–water partition coefficient (Wildman–Crippen LogP) is 4.78. The van der Waals surface area contributed by atoms with E-state index >= 15 is 0 Å². The van der Waals surface area contributed by atoms with E-state index in [9.17, 15) is 8.42 Å². The molecule has 1 aliphatic rings. The molecule has 2 aromatic heterocycles. The van der Waals surface area contributed by atoms with Gasteiger partial charge in [0, 0.05) is 38.3 Å². The van der Waals surface area contributed by atoms with E-state index in [1.165, 1.54) is 0 Å². The third kappa shape index (κ3) is 7.27. The molecule has 3 aromatic rings. The third-order valence-corrected chi connectivity index (χ3v) is 7.01. The first-order valence-corrected chi connectivity index (χ1v) is 14.9. The molecule has 1 N–H and O–H groups in total. The number of rotatable bonds is 9. The van der Waals surface area contributed by atoms with Crippen LogP contribution in [0, 0.1) is 0 Å². The molecule has 0 amide bonds. The van der Waals surface area contributed by atoms with E-state index in [1.807, 2.05) is 16.6 Å².